The van der Waals surface area contributed by atoms with Crippen LogP contribution in [-0.2, 0) is 14.3 Å². The number of carbonyl (C=O) groups is 2. The van der Waals surface area contributed by atoms with Gasteiger partial charge in [0.2, 0.25) is 5.91 Å². The molecule has 0 aliphatic rings. The molecule has 0 heterocycles. The molecule has 0 aromatic heterocycles. The van der Waals surface area contributed by atoms with Gasteiger partial charge >= 0.3 is 5.97 Å². The number of carboxylic acids is 1. The van der Waals surface area contributed by atoms with E-state index in [1.165, 1.54) is 6.08 Å². The van der Waals surface area contributed by atoms with Gasteiger partial charge in [-0.05, 0) is 0 Å². The number of hydrogen-bond acceptors (Lipinski definition) is 4. The number of carbonyl (C=O) groups excluding carboxylic acids is 1. The van der Waals surface area contributed by atoms with E-state index in [1.807, 2.05) is 0 Å². The molecular formula is C10H18N2O4. The summed E-state index contributed by atoms with van der Waals surface area (Å²) >= 11 is 0. The molecule has 0 bridgehead atoms. The second-order valence-electron chi connectivity index (χ2n) is 3.04. The zero-order valence-corrected chi connectivity index (χ0v) is 9.36. The smallest absolute Gasteiger partial charge is 0.328 e. The highest BCUT2D eigenvalue weighted by atomic mass is 16.5. The molecule has 0 saturated heterocycles. The average Bonchev–Trinajstić information content (AvgIpc) is 2.23. The molecule has 0 aromatic rings. The van der Waals surface area contributed by atoms with Crippen LogP contribution in [0.25, 0.3) is 0 Å². The van der Waals surface area contributed by atoms with Crippen molar-refractivity contribution in [2.24, 2.45) is 0 Å². The van der Waals surface area contributed by atoms with E-state index in [-0.39, 0.29) is 5.91 Å². The molecule has 0 saturated carbocycles. The number of aliphatic carboxylic acids is 1. The van der Waals surface area contributed by atoms with Crippen LogP contribution in [0.2, 0.25) is 0 Å². The molecule has 0 rings (SSSR count). The number of ether oxygens (including phenoxy) is 1. The minimum absolute atomic E-state index is 0.0493. The van der Waals surface area contributed by atoms with Crippen LogP contribution < -0.4 is 10.6 Å². The van der Waals surface area contributed by atoms with Crippen molar-refractivity contribution in [1.29, 1.82) is 0 Å². The molecule has 6 heteroatoms. The number of rotatable bonds is 9. The number of methoxy groups -OCH3 is 1. The minimum Gasteiger partial charge on any atom is -0.478 e. The van der Waals surface area contributed by atoms with Crippen LogP contribution in [0, 0.1) is 0 Å². The molecule has 0 spiro atoms. The Morgan fingerprint density at radius 3 is 2.75 bits per heavy atom. The first-order valence-electron chi connectivity index (χ1n) is 5.02. The van der Waals surface area contributed by atoms with Crippen LogP contribution in [0.4, 0.5) is 0 Å². The highest BCUT2D eigenvalue weighted by molar-refractivity contribution is 5.79. The molecule has 0 atom stereocenters. The average molecular weight is 230 g/mol. The maximum Gasteiger partial charge on any atom is 0.328 e. The highest BCUT2D eigenvalue weighted by Crippen LogP contribution is 1.78. The topological polar surface area (TPSA) is 87.7 Å². The Labute approximate surface area is 94.7 Å². The molecule has 0 unspecified atom stereocenters. The Bertz CT molecular complexity index is 241. The van der Waals surface area contributed by atoms with Crippen LogP contribution >= 0.6 is 0 Å². The first-order chi connectivity index (χ1) is 7.66. The Morgan fingerprint density at radius 1 is 1.38 bits per heavy atom. The first-order valence-corrected chi connectivity index (χ1v) is 5.02. The van der Waals surface area contributed by atoms with Crippen LogP contribution in [0.5, 0.6) is 0 Å². The van der Waals surface area contributed by atoms with Crippen LogP contribution in [0.15, 0.2) is 12.2 Å². The van der Waals surface area contributed by atoms with Crippen molar-refractivity contribution in [3.63, 3.8) is 0 Å². The third kappa shape index (κ3) is 10.7. The first kappa shape index (κ1) is 14.6. The molecule has 0 aliphatic carbocycles. The quantitative estimate of drug-likeness (QED) is 0.362. The fourth-order valence-electron chi connectivity index (χ4n) is 0.928. The van der Waals surface area contributed by atoms with Crippen molar-refractivity contribution in [2.45, 2.75) is 6.42 Å². The molecular weight excluding hydrogens is 212 g/mol. The molecule has 0 aliphatic heterocycles. The van der Waals surface area contributed by atoms with Gasteiger partial charge in [0, 0.05) is 39.2 Å². The van der Waals surface area contributed by atoms with Crippen molar-refractivity contribution in [1.82, 2.24) is 10.6 Å². The minimum atomic E-state index is -0.973. The summed E-state index contributed by atoms with van der Waals surface area (Å²) in [6.07, 6.45) is 2.92. The summed E-state index contributed by atoms with van der Waals surface area (Å²) in [5.41, 5.74) is 0. The van der Waals surface area contributed by atoms with Crippen molar-refractivity contribution in [2.75, 3.05) is 33.4 Å². The number of carboxylic acid groups (broad SMARTS) is 1. The van der Waals surface area contributed by atoms with Crippen molar-refractivity contribution in [3.8, 4) is 0 Å². The van der Waals surface area contributed by atoms with E-state index in [4.69, 9.17) is 9.84 Å². The molecule has 6 nitrogen and oxygen atoms in total. The summed E-state index contributed by atoms with van der Waals surface area (Å²) < 4.78 is 4.78. The number of amides is 1. The summed E-state index contributed by atoms with van der Waals surface area (Å²) in [6, 6.07) is 0. The van der Waals surface area contributed by atoms with Crippen LogP contribution in [0.1, 0.15) is 6.42 Å². The van der Waals surface area contributed by atoms with Crippen molar-refractivity contribution in [3.05, 3.63) is 12.2 Å². The van der Waals surface area contributed by atoms with Gasteiger partial charge in [-0.25, -0.2) is 4.79 Å². The summed E-state index contributed by atoms with van der Waals surface area (Å²) in [6.45, 7) is 1.97. The van der Waals surface area contributed by atoms with Gasteiger partial charge in [-0.3, -0.25) is 4.79 Å². The van der Waals surface area contributed by atoms with Gasteiger partial charge in [-0.15, -0.1) is 0 Å². The fraction of sp³-hybridized carbons (Fsp3) is 0.600. The van der Waals surface area contributed by atoms with E-state index in [2.05, 4.69) is 10.6 Å². The van der Waals surface area contributed by atoms with Gasteiger partial charge < -0.3 is 20.5 Å². The van der Waals surface area contributed by atoms with Crippen molar-refractivity contribution >= 4 is 11.9 Å². The standard InChI is InChI=1S/C10H18N2O4/c1-16-8-7-12-9(13)4-6-11-5-2-3-10(14)15/h2-3,11H,4-8H2,1H3,(H,12,13)(H,14,15)/b3-2+. The lowest BCUT2D eigenvalue weighted by molar-refractivity contribution is -0.131. The molecule has 0 radical (unpaired) electrons. The Hall–Kier alpha value is -1.40. The molecule has 0 fully saturated rings. The van der Waals surface area contributed by atoms with Crippen molar-refractivity contribution < 1.29 is 19.4 Å². The van der Waals surface area contributed by atoms with E-state index < -0.39 is 5.97 Å². The van der Waals surface area contributed by atoms with Gasteiger partial charge in [-0.1, -0.05) is 6.08 Å². The SMILES string of the molecule is COCCNC(=O)CCNC/C=C/C(=O)O. The predicted molar refractivity (Wildman–Crippen MR) is 59.1 cm³/mol. The Balaban J connectivity index is 3.31. The molecule has 1 amide bonds. The molecule has 0 aromatic carbocycles. The summed E-state index contributed by atoms with van der Waals surface area (Å²) in [5.74, 6) is -1.02. The third-order valence-corrected chi connectivity index (χ3v) is 1.68. The van der Waals surface area contributed by atoms with Gasteiger partial charge in [-0.2, -0.15) is 0 Å². The highest BCUT2D eigenvalue weighted by Gasteiger charge is 1.98. The zero-order valence-electron chi connectivity index (χ0n) is 9.36. The fourth-order valence-corrected chi connectivity index (χ4v) is 0.928. The van der Waals surface area contributed by atoms with Gasteiger partial charge in [0.25, 0.3) is 0 Å². The zero-order chi connectivity index (χ0) is 12.2. The maximum absolute atomic E-state index is 11.1. The van der Waals surface area contributed by atoms with Crippen LogP contribution in [0.3, 0.4) is 0 Å². The normalized spacial score (nSPS) is 10.6. The lowest BCUT2D eigenvalue weighted by Gasteiger charge is -2.04. The molecule has 92 valence electrons. The lowest BCUT2D eigenvalue weighted by Crippen LogP contribution is -2.30. The number of nitrogens with one attached hydrogen (secondary N) is 2. The third-order valence-electron chi connectivity index (χ3n) is 1.68. The van der Waals surface area contributed by atoms with Gasteiger partial charge in [0.05, 0.1) is 6.61 Å². The second kappa shape index (κ2) is 10.1. The Kier molecular flexibility index (Phi) is 9.24. The van der Waals surface area contributed by atoms with E-state index in [0.29, 0.717) is 32.7 Å². The van der Waals surface area contributed by atoms with E-state index in [0.717, 1.165) is 6.08 Å². The van der Waals surface area contributed by atoms with Gasteiger partial charge in [0.1, 0.15) is 0 Å². The predicted octanol–water partition coefficient (Wildman–Crippen LogP) is -0.630. The van der Waals surface area contributed by atoms with E-state index in [1.54, 1.807) is 7.11 Å². The van der Waals surface area contributed by atoms with E-state index in [9.17, 15) is 9.59 Å². The Morgan fingerprint density at radius 2 is 2.12 bits per heavy atom. The molecule has 16 heavy (non-hydrogen) atoms. The lowest BCUT2D eigenvalue weighted by atomic mass is 10.4. The summed E-state index contributed by atoms with van der Waals surface area (Å²) in [5, 5.41) is 13.9. The van der Waals surface area contributed by atoms with Gasteiger partial charge in [0.15, 0.2) is 0 Å². The number of hydrogen-bond donors (Lipinski definition) is 3. The molecule has 3 N–H and O–H groups in total. The maximum atomic E-state index is 11.1. The summed E-state index contributed by atoms with van der Waals surface area (Å²) in [7, 11) is 1.57. The second-order valence-corrected chi connectivity index (χ2v) is 3.04. The monoisotopic (exact) mass is 230 g/mol. The van der Waals surface area contributed by atoms with E-state index >= 15 is 0 Å². The van der Waals surface area contributed by atoms with Crippen LogP contribution in [-0.4, -0.2) is 50.3 Å². The largest absolute Gasteiger partial charge is 0.478 e. The summed E-state index contributed by atoms with van der Waals surface area (Å²) in [4.78, 5) is 21.2.